The number of fused-ring (bicyclic) bond motifs is 1. The molecule has 0 saturated carbocycles. The van der Waals surface area contributed by atoms with Crippen LogP contribution >= 0.6 is 0 Å². The van der Waals surface area contributed by atoms with E-state index >= 15 is 0 Å². The molecule has 2 atom stereocenters. The van der Waals surface area contributed by atoms with Gasteiger partial charge in [0.2, 0.25) is 5.91 Å². The van der Waals surface area contributed by atoms with Gasteiger partial charge in [0, 0.05) is 37.1 Å². The summed E-state index contributed by atoms with van der Waals surface area (Å²) in [6, 6.07) is 2.70. The Morgan fingerprint density at radius 3 is 3.15 bits per heavy atom. The first-order valence-corrected chi connectivity index (χ1v) is 8.82. The Hall–Kier alpha value is -2.73. The fourth-order valence-electron chi connectivity index (χ4n) is 3.78. The van der Waals surface area contributed by atoms with Crippen LogP contribution < -0.4 is 5.32 Å². The summed E-state index contributed by atoms with van der Waals surface area (Å²) in [6.45, 7) is 0.637. The van der Waals surface area contributed by atoms with Crippen molar-refractivity contribution in [3.8, 4) is 6.07 Å². The molecule has 142 valence electrons. The number of nitrogens with zero attached hydrogens (tertiary/aromatic N) is 4. The van der Waals surface area contributed by atoms with Gasteiger partial charge in [0.05, 0.1) is 37.3 Å². The van der Waals surface area contributed by atoms with Crippen LogP contribution in [0.5, 0.6) is 0 Å². The molecule has 0 unspecified atom stereocenters. The minimum atomic E-state index is -2.99. The molecule has 0 aliphatic carbocycles. The molecular weight excluding hydrogens is 356 g/mol. The second-order valence-corrected chi connectivity index (χ2v) is 7.12. The standard InChI is InChI=1S/C18H19F2N5O2/c19-18(20)5-14(6-21)25(11-18)16(26)10-24-3-1-13(9-24)23-15-8-22-7-12-2-4-27-17(12)15/h2,4,7-8,13-14,23H,1,3,5,9-11H2/t13-,14-/m0/s1. The average Bonchev–Trinajstić information content (AvgIpc) is 3.33. The number of rotatable bonds is 4. The lowest BCUT2D eigenvalue weighted by Crippen LogP contribution is -2.43. The molecule has 0 radical (unpaired) electrons. The smallest absolute Gasteiger partial charge is 0.268 e. The number of amides is 1. The van der Waals surface area contributed by atoms with Crippen molar-refractivity contribution >= 4 is 22.6 Å². The number of hydrogen-bond acceptors (Lipinski definition) is 6. The first kappa shape index (κ1) is 17.7. The molecule has 4 heterocycles. The Bertz CT molecular complexity index is 893. The number of anilines is 1. The van der Waals surface area contributed by atoms with E-state index in [9.17, 15) is 13.6 Å². The van der Waals surface area contributed by atoms with Crippen molar-refractivity contribution in [2.75, 3.05) is 31.5 Å². The Balaban J connectivity index is 1.35. The van der Waals surface area contributed by atoms with Crippen molar-refractivity contribution in [2.45, 2.75) is 30.8 Å². The number of likely N-dealkylation sites (tertiary alicyclic amines) is 2. The van der Waals surface area contributed by atoms with E-state index in [0.717, 1.165) is 28.0 Å². The Morgan fingerprint density at radius 1 is 1.48 bits per heavy atom. The number of carbonyl (C=O) groups excluding carboxylic acids is 1. The molecule has 27 heavy (non-hydrogen) atoms. The zero-order valence-corrected chi connectivity index (χ0v) is 14.6. The first-order valence-electron chi connectivity index (χ1n) is 8.82. The second-order valence-electron chi connectivity index (χ2n) is 7.12. The van der Waals surface area contributed by atoms with E-state index < -0.39 is 30.8 Å². The highest BCUT2D eigenvalue weighted by molar-refractivity contribution is 5.87. The highest BCUT2D eigenvalue weighted by atomic mass is 19.3. The van der Waals surface area contributed by atoms with Gasteiger partial charge in [-0.2, -0.15) is 5.26 Å². The van der Waals surface area contributed by atoms with Crippen LogP contribution in [0, 0.1) is 11.3 Å². The largest absolute Gasteiger partial charge is 0.462 e. The lowest BCUT2D eigenvalue weighted by Gasteiger charge is -2.23. The van der Waals surface area contributed by atoms with Gasteiger partial charge in [0.25, 0.3) is 5.92 Å². The number of hydrogen-bond donors (Lipinski definition) is 1. The lowest BCUT2D eigenvalue weighted by atomic mass is 10.2. The quantitative estimate of drug-likeness (QED) is 0.881. The minimum Gasteiger partial charge on any atom is -0.462 e. The van der Waals surface area contributed by atoms with Crippen LogP contribution in [-0.4, -0.2) is 64.9 Å². The van der Waals surface area contributed by atoms with Gasteiger partial charge in [-0.05, 0) is 12.5 Å². The van der Waals surface area contributed by atoms with Crippen molar-refractivity contribution < 1.29 is 18.0 Å². The summed E-state index contributed by atoms with van der Waals surface area (Å²) >= 11 is 0. The number of nitriles is 1. The van der Waals surface area contributed by atoms with Crippen molar-refractivity contribution in [1.29, 1.82) is 5.26 Å². The van der Waals surface area contributed by atoms with Crippen molar-refractivity contribution in [2.24, 2.45) is 0 Å². The third kappa shape index (κ3) is 3.57. The molecule has 2 fully saturated rings. The van der Waals surface area contributed by atoms with E-state index in [1.807, 2.05) is 17.0 Å². The van der Waals surface area contributed by atoms with Crippen LogP contribution in [0.2, 0.25) is 0 Å². The van der Waals surface area contributed by atoms with Gasteiger partial charge >= 0.3 is 0 Å². The van der Waals surface area contributed by atoms with Crippen LogP contribution in [0.1, 0.15) is 12.8 Å². The second kappa shape index (κ2) is 6.78. The summed E-state index contributed by atoms with van der Waals surface area (Å²) in [5.74, 6) is -3.41. The predicted molar refractivity (Wildman–Crippen MR) is 93.2 cm³/mol. The van der Waals surface area contributed by atoms with Crippen LogP contribution in [-0.2, 0) is 4.79 Å². The van der Waals surface area contributed by atoms with Crippen molar-refractivity contribution in [3.63, 3.8) is 0 Å². The molecule has 1 N–H and O–H groups in total. The van der Waals surface area contributed by atoms with Crippen LogP contribution in [0.25, 0.3) is 11.0 Å². The highest BCUT2D eigenvalue weighted by Gasteiger charge is 2.47. The molecule has 1 amide bonds. The van der Waals surface area contributed by atoms with E-state index in [0.29, 0.717) is 13.1 Å². The SMILES string of the molecule is N#C[C@@H]1CC(F)(F)CN1C(=O)CN1CC[C@H](Nc2cncc3ccoc23)C1. The van der Waals surface area contributed by atoms with Crippen molar-refractivity contribution in [1.82, 2.24) is 14.8 Å². The molecule has 2 aliphatic rings. The first-order chi connectivity index (χ1) is 12.9. The van der Waals surface area contributed by atoms with E-state index in [1.54, 1.807) is 18.7 Å². The van der Waals surface area contributed by atoms with Crippen LogP contribution in [0.4, 0.5) is 14.5 Å². The van der Waals surface area contributed by atoms with Gasteiger partial charge in [-0.3, -0.25) is 14.7 Å². The zero-order chi connectivity index (χ0) is 19.0. The summed E-state index contributed by atoms with van der Waals surface area (Å²) in [7, 11) is 0. The number of furan rings is 1. The molecule has 7 nitrogen and oxygen atoms in total. The summed E-state index contributed by atoms with van der Waals surface area (Å²) < 4.78 is 32.5. The summed E-state index contributed by atoms with van der Waals surface area (Å²) in [6.07, 6.45) is 5.25. The van der Waals surface area contributed by atoms with Crippen LogP contribution in [0.15, 0.2) is 29.1 Å². The maximum atomic E-state index is 13.5. The molecule has 4 rings (SSSR count). The van der Waals surface area contributed by atoms with Gasteiger partial charge in [-0.1, -0.05) is 0 Å². The van der Waals surface area contributed by atoms with Crippen molar-refractivity contribution in [3.05, 3.63) is 24.7 Å². The lowest BCUT2D eigenvalue weighted by molar-refractivity contribution is -0.133. The molecule has 2 aromatic rings. The minimum absolute atomic E-state index is 0.0373. The van der Waals surface area contributed by atoms with Gasteiger partial charge in [-0.25, -0.2) is 8.78 Å². The average molecular weight is 375 g/mol. The van der Waals surface area contributed by atoms with Gasteiger partial charge in [0.15, 0.2) is 5.58 Å². The van der Waals surface area contributed by atoms with Gasteiger partial charge in [0.1, 0.15) is 6.04 Å². The summed E-state index contributed by atoms with van der Waals surface area (Å²) in [5, 5.41) is 13.3. The molecule has 9 heteroatoms. The van der Waals surface area contributed by atoms with Gasteiger partial charge in [-0.15, -0.1) is 0 Å². The zero-order valence-electron chi connectivity index (χ0n) is 14.6. The van der Waals surface area contributed by atoms with Gasteiger partial charge < -0.3 is 14.6 Å². The molecule has 2 saturated heterocycles. The topological polar surface area (TPSA) is 85.4 Å². The Morgan fingerprint density at radius 2 is 2.33 bits per heavy atom. The maximum absolute atomic E-state index is 13.5. The molecule has 0 bridgehead atoms. The molecule has 2 aromatic heterocycles. The number of pyridine rings is 1. The van der Waals surface area contributed by atoms with E-state index in [2.05, 4.69) is 10.3 Å². The fraction of sp³-hybridized carbons (Fsp3) is 0.500. The van der Waals surface area contributed by atoms with E-state index in [1.165, 1.54) is 0 Å². The third-order valence-corrected chi connectivity index (χ3v) is 5.09. The van der Waals surface area contributed by atoms with E-state index in [-0.39, 0.29) is 12.6 Å². The molecule has 0 spiro atoms. The fourth-order valence-corrected chi connectivity index (χ4v) is 3.78. The monoisotopic (exact) mass is 375 g/mol. The number of halogens is 2. The third-order valence-electron chi connectivity index (χ3n) is 5.09. The van der Waals surface area contributed by atoms with E-state index in [4.69, 9.17) is 9.68 Å². The molecular formula is C18H19F2N5O2. The number of aromatic nitrogens is 1. The normalized spacial score (nSPS) is 25.0. The molecule has 2 aliphatic heterocycles. The Kier molecular flexibility index (Phi) is 4.44. The van der Waals surface area contributed by atoms with Crippen LogP contribution in [0.3, 0.4) is 0 Å². The maximum Gasteiger partial charge on any atom is 0.268 e. The summed E-state index contributed by atoms with van der Waals surface area (Å²) in [4.78, 5) is 19.5. The number of carbonyl (C=O) groups is 1. The molecule has 0 aromatic carbocycles. The summed E-state index contributed by atoms with van der Waals surface area (Å²) in [5.41, 5.74) is 1.52. The predicted octanol–water partition coefficient (Wildman–Crippen LogP) is 2.07. The highest BCUT2D eigenvalue weighted by Crippen LogP contribution is 2.32. The number of nitrogens with one attached hydrogen (secondary N) is 1. The number of alkyl halides is 2. The Labute approximate surface area is 154 Å².